The van der Waals surface area contributed by atoms with Crippen molar-refractivity contribution in [2.45, 2.75) is 59.5 Å². The van der Waals surface area contributed by atoms with E-state index in [4.69, 9.17) is 4.74 Å². The van der Waals surface area contributed by atoms with Crippen LogP contribution in [0.15, 0.2) is 0 Å². The first kappa shape index (κ1) is 14.9. The lowest BCUT2D eigenvalue weighted by molar-refractivity contribution is 0.0632. The molecule has 0 heterocycles. The highest BCUT2D eigenvalue weighted by molar-refractivity contribution is 4.57. The molecule has 0 bridgehead atoms. The molecule has 2 nitrogen and oxygen atoms in total. The van der Waals surface area contributed by atoms with Crippen molar-refractivity contribution in [2.75, 3.05) is 19.7 Å². The van der Waals surface area contributed by atoms with Crippen LogP contribution < -0.4 is 5.32 Å². The summed E-state index contributed by atoms with van der Waals surface area (Å²) in [6, 6.07) is 0. The van der Waals surface area contributed by atoms with E-state index in [-0.39, 0.29) is 0 Å². The Hall–Kier alpha value is -0.0800. The zero-order chi connectivity index (χ0) is 11.5. The van der Waals surface area contributed by atoms with E-state index >= 15 is 0 Å². The molecule has 0 aliphatic rings. The Kier molecular flexibility index (Phi) is 10.4. The van der Waals surface area contributed by atoms with Gasteiger partial charge in [-0.15, -0.1) is 0 Å². The van der Waals surface area contributed by atoms with Crippen LogP contribution in [0, 0.1) is 5.92 Å². The second-order valence-corrected chi connectivity index (χ2v) is 4.78. The molecule has 0 amide bonds. The Morgan fingerprint density at radius 1 is 1.13 bits per heavy atom. The molecule has 1 N–H and O–H groups in total. The van der Waals surface area contributed by atoms with Crippen molar-refractivity contribution in [2.24, 2.45) is 5.92 Å². The quantitative estimate of drug-likeness (QED) is 0.565. The second kappa shape index (κ2) is 10.4. The highest BCUT2D eigenvalue weighted by atomic mass is 16.5. The number of unbranched alkanes of at least 4 members (excludes halogenated alkanes) is 2. The predicted octanol–water partition coefficient (Wildman–Crippen LogP) is 3.22. The van der Waals surface area contributed by atoms with E-state index in [1.54, 1.807) is 0 Å². The molecule has 0 saturated carbocycles. The van der Waals surface area contributed by atoms with Gasteiger partial charge in [0.2, 0.25) is 0 Å². The molecule has 0 aromatic carbocycles. The number of nitrogens with one attached hydrogen (secondary N) is 1. The molecule has 0 spiro atoms. The second-order valence-electron chi connectivity index (χ2n) is 4.78. The summed E-state index contributed by atoms with van der Waals surface area (Å²) in [7, 11) is 0. The largest absolute Gasteiger partial charge is 0.377 e. The first-order valence-corrected chi connectivity index (χ1v) is 6.49. The fourth-order valence-corrected chi connectivity index (χ4v) is 1.39. The van der Waals surface area contributed by atoms with Crippen LogP contribution in [0.25, 0.3) is 0 Å². The zero-order valence-corrected chi connectivity index (χ0v) is 11.0. The van der Waals surface area contributed by atoms with Crippen molar-refractivity contribution in [3.8, 4) is 0 Å². The molecule has 2 heteroatoms. The van der Waals surface area contributed by atoms with Crippen LogP contribution in [0.1, 0.15) is 53.4 Å². The third-order valence-corrected chi connectivity index (χ3v) is 2.48. The summed E-state index contributed by atoms with van der Waals surface area (Å²) in [6.45, 7) is 11.9. The van der Waals surface area contributed by atoms with Crippen molar-refractivity contribution in [1.29, 1.82) is 0 Å². The maximum Gasteiger partial charge on any atom is 0.0671 e. The minimum absolute atomic E-state index is 0.356. The summed E-state index contributed by atoms with van der Waals surface area (Å²) in [5.74, 6) is 0.790. The Labute approximate surface area is 95.8 Å². The van der Waals surface area contributed by atoms with Gasteiger partial charge in [0.15, 0.2) is 0 Å². The van der Waals surface area contributed by atoms with Crippen molar-refractivity contribution in [3.05, 3.63) is 0 Å². The smallest absolute Gasteiger partial charge is 0.0671 e. The van der Waals surface area contributed by atoms with E-state index in [0.29, 0.717) is 6.10 Å². The highest BCUT2D eigenvalue weighted by Gasteiger charge is 2.01. The van der Waals surface area contributed by atoms with Gasteiger partial charge in [-0.2, -0.15) is 0 Å². The molecule has 0 radical (unpaired) electrons. The maximum absolute atomic E-state index is 5.69. The van der Waals surface area contributed by atoms with Crippen molar-refractivity contribution in [3.63, 3.8) is 0 Å². The van der Waals surface area contributed by atoms with Gasteiger partial charge < -0.3 is 10.1 Å². The molecule has 1 unspecified atom stereocenters. The number of hydrogen-bond acceptors (Lipinski definition) is 2. The lowest BCUT2D eigenvalue weighted by Crippen LogP contribution is -2.28. The lowest BCUT2D eigenvalue weighted by Gasteiger charge is -2.14. The van der Waals surface area contributed by atoms with Gasteiger partial charge >= 0.3 is 0 Å². The average Bonchev–Trinajstić information content (AvgIpc) is 2.19. The first-order valence-electron chi connectivity index (χ1n) is 6.49. The van der Waals surface area contributed by atoms with Gasteiger partial charge in [0, 0.05) is 13.2 Å². The Balaban J connectivity index is 3.15. The molecule has 0 aliphatic carbocycles. The molecule has 0 rings (SSSR count). The summed E-state index contributed by atoms with van der Waals surface area (Å²) < 4.78 is 5.69. The van der Waals surface area contributed by atoms with Crippen molar-refractivity contribution in [1.82, 2.24) is 5.32 Å². The van der Waals surface area contributed by atoms with Crippen LogP contribution in [0.3, 0.4) is 0 Å². The Bertz CT molecular complexity index is 126. The van der Waals surface area contributed by atoms with Crippen LogP contribution in [0.5, 0.6) is 0 Å². The van der Waals surface area contributed by atoms with E-state index in [2.05, 4.69) is 33.0 Å². The van der Waals surface area contributed by atoms with Gasteiger partial charge in [-0.3, -0.25) is 0 Å². The van der Waals surface area contributed by atoms with Gasteiger partial charge in [0.25, 0.3) is 0 Å². The molecule has 0 aromatic rings. The van der Waals surface area contributed by atoms with Crippen molar-refractivity contribution < 1.29 is 4.74 Å². The standard InChI is InChI=1S/C13H29NO/c1-5-6-7-10-15-13(4)11-14-9-8-12(2)3/h12-14H,5-11H2,1-4H3. The molecule has 0 saturated heterocycles. The van der Waals surface area contributed by atoms with Gasteiger partial charge in [-0.1, -0.05) is 33.6 Å². The minimum Gasteiger partial charge on any atom is -0.377 e. The molecule has 0 fully saturated rings. The molecule has 0 aliphatic heterocycles. The van der Waals surface area contributed by atoms with Crippen LogP contribution in [0.2, 0.25) is 0 Å². The average molecular weight is 215 g/mol. The number of ether oxygens (including phenoxy) is 1. The lowest BCUT2D eigenvalue weighted by atomic mass is 10.1. The number of rotatable bonds is 10. The predicted molar refractivity (Wildman–Crippen MR) is 67.3 cm³/mol. The summed E-state index contributed by atoms with van der Waals surface area (Å²) >= 11 is 0. The Morgan fingerprint density at radius 3 is 2.47 bits per heavy atom. The van der Waals surface area contributed by atoms with Gasteiger partial charge in [0.05, 0.1) is 6.10 Å². The van der Waals surface area contributed by atoms with E-state index in [1.807, 2.05) is 0 Å². The topological polar surface area (TPSA) is 21.3 Å². The summed E-state index contributed by atoms with van der Waals surface area (Å²) in [6.07, 6.45) is 5.36. The summed E-state index contributed by atoms with van der Waals surface area (Å²) in [4.78, 5) is 0. The van der Waals surface area contributed by atoms with Crippen molar-refractivity contribution >= 4 is 0 Å². The highest BCUT2D eigenvalue weighted by Crippen LogP contribution is 1.98. The monoisotopic (exact) mass is 215 g/mol. The fraction of sp³-hybridized carbons (Fsp3) is 1.00. The minimum atomic E-state index is 0.356. The molecule has 92 valence electrons. The Morgan fingerprint density at radius 2 is 1.87 bits per heavy atom. The summed E-state index contributed by atoms with van der Waals surface area (Å²) in [5, 5.41) is 3.43. The zero-order valence-electron chi connectivity index (χ0n) is 11.0. The van der Waals surface area contributed by atoms with E-state index < -0.39 is 0 Å². The molecular formula is C13H29NO. The normalized spacial score (nSPS) is 13.4. The third kappa shape index (κ3) is 11.8. The SMILES string of the molecule is CCCCCOC(C)CNCCC(C)C. The third-order valence-electron chi connectivity index (χ3n) is 2.48. The van der Waals surface area contributed by atoms with Crippen LogP contribution in [-0.2, 0) is 4.74 Å². The fourth-order valence-electron chi connectivity index (χ4n) is 1.39. The van der Waals surface area contributed by atoms with Gasteiger partial charge in [0.1, 0.15) is 0 Å². The van der Waals surface area contributed by atoms with Gasteiger partial charge in [-0.25, -0.2) is 0 Å². The first-order chi connectivity index (χ1) is 7.16. The number of hydrogen-bond donors (Lipinski definition) is 1. The van der Waals surface area contributed by atoms with E-state index in [1.165, 1.54) is 25.7 Å². The van der Waals surface area contributed by atoms with Crippen LogP contribution in [0.4, 0.5) is 0 Å². The van der Waals surface area contributed by atoms with Crippen LogP contribution >= 0.6 is 0 Å². The molecular weight excluding hydrogens is 186 g/mol. The van der Waals surface area contributed by atoms with E-state index in [0.717, 1.165) is 25.6 Å². The van der Waals surface area contributed by atoms with Crippen LogP contribution in [-0.4, -0.2) is 25.8 Å². The maximum atomic E-state index is 5.69. The van der Waals surface area contributed by atoms with E-state index in [9.17, 15) is 0 Å². The molecule has 15 heavy (non-hydrogen) atoms. The van der Waals surface area contributed by atoms with Gasteiger partial charge in [-0.05, 0) is 32.2 Å². The summed E-state index contributed by atoms with van der Waals surface area (Å²) in [5.41, 5.74) is 0. The molecule has 0 aromatic heterocycles. The molecule has 1 atom stereocenters.